The zero-order valence-corrected chi connectivity index (χ0v) is 16.4. The monoisotopic (exact) mass is 370 g/mol. The minimum absolute atomic E-state index is 0.0135. The quantitative estimate of drug-likeness (QED) is 0.604. The SMILES string of the molecule is CN=C(NCc1ccc(C(=O)N(C)C)cc1)Nc1ccc(OC)c(OC)c1. The standard InChI is InChI=1S/C20H26N4O3/c1-21-20(23-16-10-11-17(26-4)18(12-16)27-5)22-13-14-6-8-15(9-7-14)19(25)24(2)3/h6-12H,13H2,1-5H3,(H2,21,22,23). The van der Waals surface area contributed by atoms with Crippen molar-refractivity contribution < 1.29 is 14.3 Å². The third-order valence-electron chi connectivity index (χ3n) is 3.94. The van der Waals surface area contributed by atoms with Crippen LogP contribution in [0, 0.1) is 0 Å². The smallest absolute Gasteiger partial charge is 0.253 e. The zero-order valence-electron chi connectivity index (χ0n) is 16.4. The van der Waals surface area contributed by atoms with E-state index in [1.165, 1.54) is 0 Å². The van der Waals surface area contributed by atoms with E-state index < -0.39 is 0 Å². The molecule has 2 aromatic carbocycles. The number of nitrogens with one attached hydrogen (secondary N) is 2. The molecular formula is C20H26N4O3. The van der Waals surface area contributed by atoms with Crippen molar-refractivity contribution >= 4 is 17.6 Å². The molecule has 144 valence electrons. The molecule has 0 aliphatic rings. The van der Waals surface area contributed by atoms with E-state index in [2.05, 4.69) is 15.6 Å². The molecule has 0 aromatic heterocycles. The Morgan fingerprint density at radius 1 is 1.04 bits per heavy atom. The van der Waals surface area contributed by atoms with Gasteiger partial charge in [0, 0.05) is 45.0 Å². The maximum absolute atomic E-state index is 11.9. The summed E-state index contributed by atoms with van der Waals surface area (Å²) < 4.78 is 10.6. The number of guanidine groups is 1. The van der Waals surface area contributed by atoms with Crippen molar-refractivity contribution in [2.75, 3.05) is 40.7 Å². The van der Waals surface area contributed by atoms with Crippen LogP contribution in [0.4, 0.5) is 5.69 Å². The van der Waals surface area contributed by atoms with E-state index in [9.17, 15) is 4.79 Å². The van der Waals surface area contributed by atoms with E-state index in [1.54, 1.807) is 40.3 Å². The van der Waals surface area contributed by atoms with E-state index >= 15 is 0 Å². The molecule has 0 unspecified atom stereocenters. The summed E-state index contributed by atoms with van der Waals surface area (Å²) in [5.74, 6) is 1.91. The fraction of sp³-hybridized carbons (Fsp3) is 0.300. The summed E-state index contributed by atoms with van der Waals surface area (Å²) in [7, 11) is 8.38. The number of carbonyl (C=O) groups excluding carboxylic acids is 1. The molecule has 0 saturated carbocycles. The van der Waals surface area contributed by atoms with Gasteiger partial charge in [-0.25, -0.2) is 0 Å². The fourth-order valence-corrected chi connectivity index (χ4v) is 2.44. The molecular weight excluding hydrogens is 344 g/mol. The Morgan fingerprint density at radius 3 is 2.26 bits per heavy atom. The number of anilines is 1. The fourth-order valence-electron chi connectivity index (χ4n) is 2.44. The van der Waals surface area contributed by atoms with Crippen molar-refractivity contribution in [3.63, 3.8) is 0 Å². The molecule has 7 heteroatoms. The van der Waals surface area contributed by atoms with Gasteiger partial charge in [-0.2, -0.15) is 0 Å². The highest BCUT2D eigenvalue weighted by atomic mass is 16.5. The largest absolute Gasteiger partial charge is 0.493 e. The number of hydrogen-bond acceptors (Lipinski definition) is 4. The highest BCUT2D eigenvalue weighted by Gasteiger charge is 2.08. The Kier molecular flexibility index (Phi) is 7.05. The third-order valence-corrected chi connectivity index (χ3v) is 3.94. The van der Waals surface area contributed by atoms with Crippen molar-refractivity contribution in [2.24, 2.45) is 4.99 Å². The highest BCUT2D eigenvalue weighted by Crippen LogP contribution is 2.29. The summed E-state index contributed by atoms with van der Waals surface area (Å²) in [5, 5.41) is 6.46. The van der Waals surface area contributed by atoms with Gasteiger partial charge in [-0.15, -0.1) is 0 Å². The summed E-state index contributed by atoms with van der Waals surface area (Å²) in [6.45, 7) is 0.573. The number of amides is 1. The molecule has 0 spiro atoms. The minimum atomic E-state index is -0.0135. The summed E-state index contributed by atoms with van der Waals surface area (Å²) in [4.78, 5) is 17.7. The predicted octanol–water partition coefficient (Wildman–Crippen LogP) is 2.59. The van der Waals surface area contributed by atoms with Crippen LogP contribution in [0.2, 0.25) is 0 Å². The topological polar surface area (TPSA) is 75.2 Å². The first-order valence-corrected chi connectivity index (χ1v) is 8.48. The molecule has 0 bridgehead atoms. The lowest BCUT2D eigenvalue weighted by Crippen LogP contribution is -2.30. The van der Waals surface area contributed by atoms with Crippen molar-refractivity contribution in [1.29, 1.82) is 0 Å². The molecule has 2 rings (SSSR count). The van der Waals surface area contributed by atoms with Gasteiger partial charge in [0.15, 0.2) is 17.5 Å². The maximum atomic E-state index is 11.9. The molecule has 7 nitrogen and oxygen atoms in total. The number of carbonyl (C=O) groups is 1. The lowest BCUT2D eigenvalue weighted by molar-refractivity contribution is 0.0827. The second kappa shape index (κ2) is 9.47. The molecule has 0 saturated heterocycles. The molecule has 0 heterocycles. The van der Waals surface area contributed by atoms with Gasteiger partial charge >= 0.3 is 0 Å². The summed E-state index contributed by atoms with van der Waals surface area (Å²) in [6.07, 6.45) is 0. The summed E-state index contributed by atoms with van der Waals surface area (Å²) >= 11 is 0. The Bertz CT molecular complexity index is 801. The van der Waals surface area contributed by atoms with E-state index in [4.69, 9.17) is 9.47 Å². The average molecular weight is 370 g/mol. The first-order valence-electron chi connectivity index (χ1n) is 8.48. The molecule has 27 heavy (non-hydrogen) atoms. The van der Waals surface area contributed by atoms with Crippen LogP contribution in [0.5, 0.6) is 11.5 Å². The Morgan fingerprint density at radius 2 is 1.70 bits per heavy atom. The Labute approximate surface area is 160 Å². The van der Waals surface area contributed by atoms with Gasteiger partial charge in [0.2, 0.25) is 0 Å². The van der Waals surface area contributed by atoms with Gasteiger partial charge in [0.1, 0.15) is 0 Å². The van der Waals surface area contributed by atoms with Crippen LogP contribution in [0.15, 0.2) is 47.5 Å². The molecule has 0 fully saturated rings. The first kappa shape index (κ1) is 20.1. The molecule has 2 aromatic rings. The van der Waals surface area contributed by atoms with Crippen molar-refractivity contribution in [3.05, 3.63) is 53.6 Å². The minimum Gasteiger partial charge on any atom is -0.493 e. The normalized spacial score (nSPS) is 10.9. The van der Waals surface area contributed by atoms with E-state index in [0.717, 1.165) is 11.3 Å². The number of ether oxygens (including phenoxy) is 2. The van der Waals surface area contributed by atoms with E-state index in [0.29, 0.717) is 29.6 Å². The van der Waals surface area contributed by atoms with Gasteiger partial charge in [0.25, 0.3) is 5.91 Å². The van der Waals surface area contributed by atoms with Crippen molar-refractivity contribution in [2.45, 2.75) is 6.54 Å². The number of rotatable bonds is 6. The molecule has 0 atom stereocenters. The average Bonchev–Trinajstić information content (AvgIpc) is 2.70. The maximum Gasteiger partial charge on any atom is 0.253 e. The molecule has 0 aliphatic carbocycles. The second-order valence-electron chi connectivity index (χ2n) is 6.02. The van der Waals surface area contributed by atoms with E-state index in [1.807, 2.05) is 42.5 Å². The third kappa shape index (κ3) is 5.37. The predicted molar refractivity (Wildman–Crippen MR) is 108 cm³/mol. The van der Waals surface area contributed by atoms with Crippen LogP contribution in [0.3, 0.4) is 0 Å². The van der Waals surface area contributed by atoms with Crippen LogP contribution < -0.4 is 20.1 Å². The van der Waals surface area contributed by atoms with Crippen LogP contribution in [0.25, 0.3) is 0 Å². The second-order valence-corrected chi connectivity index (χ2v) is 6.02. The number of nitrogens with zero attached hydrogens (tertiary/aromatic N) is 2. The number of aliphatic imine (C=N–C) groups is 1. The first-order chi connectivity index (χ1) is 13.0. The Balaban J connectivity index is 1.99. The molecule has 0 aliphatic heterocycles. The summed E-state index contributed by atoms with van der Waals surface area (Å²) in [6, 6.07) is 13.0. The molecule has 1 amide bonds. The molecule has 2 N–H and O–H groups in total. The zero-order chi connectivity index (χ0) is 19.8. The van der Waals surface area contributed by atoms with Crippen molar-refractivity contribution in [1.82, 2.24) is 10.2 Å². The lowest BCUT2D eigenvalue weighted by Gasteiger charge is -2.14. The highest BCUT2D eigenvalue weighted by molar-refractivity contribution is 5.94. The Hall–Kier alpha value is -3.22. The van der Waals surface area contributed by atoms with Gasteiger partial charge in [-0.3, -0.25) is 9.79 Å². The van der Waals surface area contributed by atoms with Crippen LogP contribution in [0.1, 0.15) is 15.9 Å². The number of methoxy groups -OCH3 is 2. The van der Waals surface area contributed by atoms with Crippen LogP contribution in [-0.2, 0) is 6.54 Å². The van der Waals surface area contributed by atoms with Gasteiger partial charge in [-0.05, 0) is 29.8 Å². The summed E-state index contributed by atoms with van der Waals surface area (Å²) in [5.41, 5.74) is 2.53. The van der Waals surface area contributed by atoms with Crippen molar-refractivity contribution in [3.8, 4) is 11.5 Å². The molecule has 0 radical (unpaired) electrons. The van der Waals surface area contributed by atoms with Gasteiger partial charge in [-0.1, -0.05) is 12.1 Å². The van der Waals surface area contributed by atoms with Gasteiger partial charge in [0.05, 0.1) is 14.2 Å². The number of benzene rings is 2. The number of hydrogen-bond donors (Lipinski definition) is 2. The lowest BCUT2D eigenvalue weighted by atomic mass is 10.1. The van der Waals surface area contributed by atoms with E-state index in [-0.39, 0.29) is 5.91 Å². The van der Waals surface area contributed by atoms with Crippen LogP contribution >= 0.6 is 0 Å². The van der Waals surface area contributed by atoms with Crippen LogP contribution in [-0.4, -0.2) is 52.1 Å². The van der Waals surface area contributed by atoms with Gasteiger partial charge < -0.3 is 25.0 Å².